The Morgan fingerprint density at radius 3 is 2.21 bits per heavy atom. The number of urea groups is 1. The first-order chi connectivity index (χ1) is 13.7. The SMILES string of the molecule is O=C(NCc1ccccc1)O/C(=N/O)c1ccc(CNC(=O)N2CCC2)cc1. The van der Waals surface area contributed by atoms with E-state index in [1.165, 1.54) is 0 Å². The number of carbonyl (C=O) groups is 2. The molecule has 2 aromatic carbocycles. The first-order valence-electron chi connectivity index (χ1n) is 8.99. The first kappa shape index (κ1) is 19.2. The van der Waals surface area contributed by atoms with Crippen molar-refractivity contribution < 1.29 is 19.5 Å². The second-order valence-electron chi connectivity index (χ2n) is 6.33. The van der Waals surface area contributed by atoms with Crippen molar-refractivity contribution in [1.82, 2.24) is 15.5 Å². The largest absolute Gasteiger partial charge is 0.414 e. The Balaban J connectivity index is 1.49. The van der Waals surface area contributed by atoms with Gasteiger partial charge in [0, 0.05) is 31.7 Å². The summed E-state index contributed by atoms with van der Waals surface area (Å²) >= 11 is 0. The van der Waals surface area contributed by atoms with E-state index in [1.54, 1.807) is 29.2 Å². The zero-order chi connectivity index (χ0) is 19.8. The standard InChI is InChI=1S/C20H22N4O4/c25-19(24-11-4-12-24)21-13-16-7-9-17(10-8-16)18(23-27)28-20(26)22-14-15-5-2-1-3-6-15/h1-3,5-10,27H,4,11-14H2,(H,21,25)(H,22,26)/b23-18+. The van der Waals surface area contributed by atoms with Gasteiger partial charge in [0.1, 0.15) is 0 Å². The maximum absolute atomic E-state index is 11.9. The number of amides is 3. The van der Waals surface area contributed by atoms with Gasteiger partial charge in [-0.15, -0.1) is 0 Å². The first-order valence-corrected chi connectivity index (χ1v) is 8.99. The van der Waals surface area contributed by atoms with Gasteiger partial charge < -0.3 is 25.5 Å². The van der Waals surface area contributed by atoms with Crippen LogP contribution in [-0.4, -0.2) is 41.2 Å². The second kappa shape index (κ2) is 9.40. The Morgan fingerprint density at radius 1 is 0.964 bits per heavy atom. The van der Waals surface area contributed by atoms with E-state index < -0.39 is 6.09 Å². The van der Waals surface area contributed by atoms with E-state index in [-0.39, 0.29) is 11.9 Å². The molecule has 1 heterocycles. The third-order valence-corrected chi connectivity index (χ3v) is 4.35. The molecule has 0 atom stereocenters. The van der Waals surface area contributed by atoms with E-state index in [0.29, 0.717) is 18.7 Å². The molecule has 0 saturated carbocycles. The van der Waals surface area contributed by atoms with Crippen LogP contribution in [0.5, 0.6) is 0 Å². The lowest BCUT2D eigenvalue weighted by Crippen LogP contribution is -2.47. The fourth-order valence-corrected chi connectivity index (χ4v) is 2.61. The number of likely N-dealkylation sites (tertiary alicyclic amines) is 1. The third kappa shape index (κ3) is 5.23. The summed E-state index contributed by atoms with van der Waals surface area (Å²) in [6.07, 6.45) is 0.326. The van der Waals surface area contributed by atoms with Crippen molar-refractivity contribution in [2.75, 3.05) is 13.1 Å². The number of hydrogen-bond acceptors (Lipinski definition) is 5. The fraction of sp³-hybridized carbons (Fsp3) is 0.250. The van der Waals surface area contributed by atoms with Crippen molar-refractivity contribution >= 4 is 18.0 Å². The van der Waals surface area contributed by atoms with Gasteiger partial charge in [0.15, 0.2) is 0 Å². The Bertz CT molecular complexity index is 833. The van der Waals surface area contributed by atoms with Crippen LogP contribution in [0.25, 0.3) is 0 Å². The molecule has 1 fully saturated rings. The number of benzene rings is 2. The van der Waals surface area contributed by atoms with Gasteiger partial charge in [-0.05, 0) is 34.8 Å². The van der Waals surface area contributed by atoms with Crippen molar-refractivity contribution in [2.45, 2.75) is 19.5 Å². The van der Waals surface area contributed by atoms with Crippen LogP contribution in [0.2, 0.25) is 0 Å². The van der Waals surface area contributed by atoms with Crippen molar-refractivity contribution in [2.24, 2.45) is 5.16 Å². The van der Waals surface area contributed by atoms with Crippen LogP contribution < -0.4 is 10.6 Å². The van der Waals surface area contributed by atoms with Gasteiger partial charge in [-0.25, -0.2) is 9.59 Å². The molecular formula is C20H22N4O4. The number of hydrogen-bond donors (Lipinski definition) is 3. The number of ether oxygens (including phenoxy) is 1. The molecule has 3 N–H and O–H groups in total. The molecule has 0 bridgehead atoms. The lowest BCUT2D eigenvalue weighted by molar-refractivity contribution is 0.167. The molecule has 0 spiro atoms. The molecule has 0 radical (unpaired) electrons. The average molecular weight is 382 g/mol. The number of rotatable bonds is 5. The fourth-order valence-electron chi connectivity index (χ4n) is 2.61. The number of nitrogens with zero attached hydrogens (tertiary/aromatic N) is 2. The minimum atomic E-state index is -0.720. The zero-order valence-corrected chi connectivity index (χ0v) is 15.3. The molecule has 8 nitrogen and oxygen atoms in total. The highest BCUT2D eigenvalue weighted by atomic mass is 16.6. The molecule has 2 aromatic rings. The molecule has 28 heavy (non-hydrogen) atoms. The van der Waals surface area contributed by atoms with Crippen molar-refractivity contribution in [3.8, 4) is 0 Å². The summed E-state index contributed by atoms with van der Waals surface area (Å²) in [5.41, 5.74) is 2.24. The molecule has 8 heteroatoms. The van der Waals surface area contributed by atoms with E-state index >= 15 is 0 Å². The van der Waals surface area contributed by atoms with Crippen molar-refractivity contribution in [3.63, 3.8) is 0 Å². The van der Waals surface area contributed by atoms with E-state index in [0.717, 1.165) is 30.6 Å². The molecule has 0 aliphatic carbocycles. The van der Waals surface area contributed by atoms with Gasteiger partial charge in [0.05, 0.1) is 0 Å². The third-order valence-electron chi connectivity index (χ3n) is 4.35. The summed E-state index contributed by atoms with van der Waals surface area (Å²) in [5, 5.41) is 17.7. The van der Waals surface area contributed by atoms with Gasteiger partial charge in [0.2, 0.25) is 0 Å². The average Bonchev–Trinajstić information content (AvgIpc) is 2.69. The van der Waals surface area contributed by atoms with Crippen LogP contribution in [0.15, 0.2) is 59.8 Å². The quantitative estimate of drug-likeness (QED) is 0.320. The smallest absolute Gasteiger partial charge is 0.408 e. The molecule has 1 saturated heterocycles. The Labute approximate surface area is 162 Å². The van der Waals surface area contributed by atoms with Gasteiger partial charge >= 0.3 is 12.1 Å². The van der Waals surface area contributed by atoms with E-state index in [2.05, 4.69) is 15.8 Å². The number of nitrogens with one attached hydrogen (secondary N) is 2. The van der Waals surface area contributed by atoms with Crippen molar-refractivity contribution in [1.29, 1.82) is 0 Å². The summed E-state index contributed by atoms with van der Waals surface area (Å²) in [5.74, 6) is -0.207. The predicted octanol–water partition coefficient (Wildman–Crippen LogP) is 2.66. The van der Waals surface area contributed by atoms with Crippen LogP contribution in [0.1, 0.15) is 23.1 Å². The number of alkyl carbamates (subject to hydrolysis) is 1. The lowest BCUT2D eigenvalue weighted by atomic mass is 10.1. The summed E-state index contributed by atoms with van der Waals surface area (Å²) < 4.78 is 5.07. The zero-order valence-electron chi connectivity index (χ0n) is 15.3. The normalized spacial score (nSPS) is 13.4. The van der Waals surface area contributed by atoms with Gasteiger partial charge in [-0.2, -0.15) is 0 Å². The van der Waals surface area contributed by atoms with Crippen LogP contribution in [0.4, 0.5) is 9.59 Å². The van der Waals surface area contributed by atoms with E-state index in [9.17, 15) is 14.8 Å². The summed E-state index contributed by atoms with van der Waals surface area (Å²) in [6, 6.07) is 16.2. The summed E-state index contributed by atoms with van der Waals surface area (Å²) in [6.45, 7) is 2.28. The molecule has 3 amide bonds. The van der Waals surface area contributed by atoms with E-state index in [1.807, 2.05) is 30.3 Å². The summed E-state index contributed by atoms with van der Waals surface area (Å²) in [4.78, 5) is 25.5. The predicted molar refractivity (Wildman–Crippen MR) is 103 cm³/mol. The molecule has 3 rings (SSSR count). The van der Waals surface area contributed by atoms with Gasteiger partial charge in [-0.3, -0.25) is 0 Å². The van der Waals surface area contributed by atoms with Gasteiger partial charge in [-0.1, -0.05) is 42.5 Å². The highest BCUT2D eigenvalue weighted by Crippen LogP contribution is 2.09. The monoisotopic (exact) mass is 382 g/mol. The highest BCUT2D eigenvalue weighted by Gasteiger charge is 2.19. The van der Waals surface area contributed by atoms with Crippen molar-refractivity contribution in [3.05, 3.63) is 71.3 Å². The molecule has 0 aromatic heterocycles. The molecule has 146 valence electrons. The van der Waals surface area contributed by atoms with Crippen LogP contribution >= 0.6 is 0 Å². The number of carbonyl (C=O) groups excluding carboxylic acids is 2. The molecule has 1 aliphatic heterocycles. The Morgan fingerprint density at radius 2 is 1.61 bits per heavy atom. The molecule has 1 aliphatic rings. The maximum Gasteiger partial charge on any atom is 0.414 e. The Kier molecular flexibility index (Phi) is 6.46. The second-order valence-corrected chi connectivity index (χ2v) is 6.33. The van der Waals surface area contributed by atoms with Crippen LogP contribution in [0, 0.1) is 0 Å². The van der Waals surface area contributed by atoms with E-state index in [4.69, 9.17) is 4.74 Å². The molecular weight excluding hydrogens is 360 g/mol. The van der Waals surface area contributed by atoms with Gasteiger partial charge in [0.25, 0.3) is 5.90 Å². The Hall–Kier alpha value is -3.55. The van der Waals surface area contributed by atoms with Crippen LogP contribution in [-0.2, 0) is 17.8 Å². The molecule has 0 unspecified atom stereocenters. The number of oxime groups is 1. The summed E-state index contributed by atoms with van der Waals surface area (Å²) in [7, 11) is 0. The topological polar surface area (TPSA) is 103 Å². The minimum Gasteiger partial charge on any atom is -0.408 e. The highest BCUT2D eigenvalue weighted by molar-refractivity contribution is 5.99. The maximum atomic E-state index is 11.9. The minimum absolute atomic E-state index is 0.0774. The van der Waals surface area contributed by atoms with Crippen LogP contribution in [0.3, 0.4) is 0 Å². The lowest BCUT2D eigenvalue weighted by Gasteiger charge is -2.30.